The van der Waals surface area contributed by atoms with Crippen molar-refractivity contribution in [3.8, 4) is 5.88 Å². The third-order valence-electron chi connectivity index (χ3n) is 4.20. The zero-order valence-corrected chi connectivity index (χ0v) is 15.9. The maximum Gasteiger partial charge on any atom is 0.422 e. The van der Waals surface area contributed by atoms with E-state index < -0.39 is 18.7 Å². The zero-order chi connectivity index (χ0) is 21.0. The largest absolute Gasteiger partial charge is 0.468 e. The minimum atomic E-state index is -4.47. The summed E-state index contributed by atoms with van der Waals surface area (Å²) in [5, 5.41) is 3.09. The predicted molar refractivity (Wildman–Crippen MR) is 100.0 cm³/mol. The Bertz CT molecular complexity index is 921. The highest BCUT2D eigenvalue weighted by atomic mass is 35.5. The molecule has 0 atom stereocenters. The maximum absolute atomic E-state index is 12.7. The highest BCUT2D eigenvalue weighted by molar-refractivity contribution is 6.31. The van der Waals surface area contributed by atoms with Crippen molar-refractivity contribution in [3.63, 3.8) is 0 Å². The van der Waals surface area contributed by atoms with E-state index in [4.69, 9.17) is 11.6 Å². The minimum absolute atomic E-state index is 0.0414. The molecule has 2 heterocycles. The van der Waals surface area contributed by atoms with Crippen molar-refractivity contribution in [1.29, 1.82) is 0 Å². The molecule has 1 aromatic heterocycles. The molecule has 2 amide bonds. The van der Waals surface area contributed by atoms with Crippen LogP contribution in [0.5, 0.6) is 5.88 Å². The molecule has 1 N–H and O–H groups in total. The van der Waals surface area contributed by atoms with Crippen LogP contribution in [0.1, 0.15) is 28.8 Å². The molecule has 0 bridgehead atoms. The van der Waals surface area contributed by atoms with Gasteiger partial charge in [-0.3, -0.25) is 9.59 Å². The molecule has 10 heteroatoms. The van der Waals surface area contributed by atoms with E-state index in [0.29, 0.717) is 35.7 Å². The Labute approximate surface area is 169 Å². The summed E-state index contributed by atoms with van der Waals surface area (Å²) in [5.74, 6) is -0.711. The Hall–Kier alpha value is -2.81. The van der Waals surface area contributed by atoms with Gasteiger partial charge >= 0.3 is 6.18 Å². The summed E-state index contributed by atoms with van der Waals surface area (Å²) in [5.41, 5.74) is 1.23. The van der Waals surface area contributed by atoms with Gasteiger partial charge in [-0.05, 0) is 36.2 Å². The van der Waals surface area contributed by atoms with Crippen LogP contribution in [0.25, 0.3) is 0 Å². The summed E-state index contributed by atoms with van der Waals surface area (Å²) in [6.45, 7) is -0.905. The maximum atomic E-state index is 12.7. The zero-order valence-electron chi connectivity index (χ0n) is 15.1. The number of nitrogens with zero attached hydrogens (tertiary/aromatic N) is 2. The molecule has 3 rings (SSSR count). The molecule has 0 aliphatic carbocycles. The second-order valence-electron chi connectivity index (χ2n) is 6.40. The molecule has 0 radical (unpaired) electrons. The summed E-state index contributed by atoms with van der Waals surface area (Å²) in [6.07, 6.45) is -2.07. The third-order valence-corrected chi connectivity index (χ3v) is 4.44. The van der Waals surface area contributed by atoms with Gasteiger partial charge in [0.15, 0.2) is 6.61 Å². The van der Waals surface area contributed by atoms with Gasteiger partial charge in [0.1, 0.15) is 0 Å². The molecule has 2 aromatic rings. The quantitative estimate of drug-likeness (QED) is 0.762. The van der Waals surface area contributed by atoms with Crippen LogP contribution in [0.2, 0.25) is 5.02 Å². The van der Waals surface area contributed by atoms with Gasteiger partial charge in [-0.15, -0.1) is 0 Å². The number of nitrogens with one attached hydrogen (secondary N) is 1. The lowest BCUT2D eigenvalue weighted by molar-refractivity contribution is -0.154. The minimum Gasteiger partial charge on any atom is -0.468 e. The first-order valence-electron chi connectivity index (χ1n) is 8.75. The number of rotatable bonds is 6. The molecule has 6 nitrogen and oxygen atoms in total. The third kappa shape index (κ3) is 5.60. The van der Waals surface area contributed by atoms with Gasteiger partial charge in [0, 0.05) is 36.8 Å². The first kappa shape index (κ1) is 20.9. The number of pyridine rings is 1. The molecule has 1 saturated heterocycles. The topological polar surface area (TPSA) is 71.5 Å². The molecular formula is C19H17ClF3N3O3. The Morgan fingerprint density at radius 2 is 2.07 bits per heavy atom. The van der Waals surface area contributed by atoms with E-state index in [2.05, 4.69) is 15.0 Å². The molecule has 1 aliphatic heterocycles. The second kappa shape index (κ2) is 8.69. The number of amides is 2. The van der Waals surface area contributed by atoms with E-state index >= 15 is 0 Å². The average Bonchev–Trinajstić information content (AvgIpc) is 3.10. The lowest BCUT2D eigenvalue weighted by Crippen LogP contribution is -2.29. The molecule has 1 aliphatic rings. The van der Waals surface area contributed by atoms with Crippen molar-refractivity contribution in [2.75, 3.05) is 18.1 Å². The van der Waals surface area contributed by atoms with E-state index in [9.17, 15) is 22.8 Å². The van der Waals surface area contributed by atoms with Crippen molar-refractivity contribution in [3.05, 3.63) is 52.7 Å². The molecule has 154 valence electrons. The number of alkyl halides is 3. The fourth-order valence-corrected chi connectivity index (χ4v) is 3.06. The highest BCUT2D eigenvalue weighted by Gasteiger charge is 2.29. The van der Waals surface area contributed by atoms with E-state index in [0.717, 1.165) is 0 Å². The number of carbonyl (C=O) groups excluding carboxylic acids is 2. The van der Waals surface area contributed by atoms with E-state index in [1.54, 1.807) is 18.2 Å². The fraction of sp³-hybridized carbons (Fsp3) is 0.316. The summed E-state index contributed by atoms with van der Waals surface area (Å²) in [6, 6.07) is 7.51. The lowest BCUT2D eigenvalue weighted by Gasteiger charge is -2.20. The van der Waals surface area contributed by atoms with Crippen LogP contribution in [0.4, 0.5) is 18.9 Å². The second-order valence-corrected chi connectivity index (χ2v) is 6.84. The number of hydrogen-bond acceptors (Lipinski definition) is 4. The number of hydrogen-bond donors (Lipinski definition) is 1. The molecule has 1 aromatic carbocycles. The van der Waals surface area contributed by atoms with Crippen LogP contribution < -0.4 is 15.0 Å². The van der Waals surface area contributed by atoms with Crippen LogP contribution in [-0.2, 0) is 11.3 Å². The normalized spacial score (nSPS) is 14.2. The van der Waals surface area contributed by atoms with E-state index in [-0.39, 0.29) is 23.9 Å². The number of anilines is 1. The van der Waals surface area contributed by atoms with Gasteiger partial charge in [-0.1, -0.05) is 11.6 Å². The molecule has 29 heavy (non-hydrogen) atoms. The summed E-state index contributed by atoms with van der Waals surface area (Å²) < 4.78 is 41.4. The smallest absolute Gasteiger partial charge is 0.422 e. The SMILES string of the molecule is O=C(NCc1ccnc(OCC(F)(F)F)c1)c1ccc(Cl)cc1N1CCCC1=O. The van der Waals surface area contributed by atoms with Gasteiger partial charge in [0.2, 0.25) is 11.8 Å². The van der Waals surface area contributed by atoms with Crippen molar-refractivity contribution >= 4 is 29.1 Å². The number of aromatic nitrogens is 1. The summed E-state index contributed by atoms with van der Waals surface area (Å²) in [4.78, 5) is 30.0. The predicted octanol–water partition coefficient (Wildman–Crippen LogP) is 3.73. The number of halogens is 4. The van der Waals surface area contributed by atoms with Gasteiger partial charge in [0.05, 0.1) is 11.3 Å². The van der Waals surface area contributed by atoms with Crippen LogP contribution in [0, 0.1) is 0 Å². The molecule has 1 fully saturated rings. The van der Waals surface area contributed by atoms with Gasteiger partial charge in [-0.2, -0.15) is 13.2 Å². The fourth-order valence-electron chi connectivity index (χ4n) is 2.90. The molecule has 0 saturated carbocycles. The highest BCUT2D eigenvalue weighted by Crippen LogP contribution is 2.28. The van der Waals surface area contributed by atoms with Crippen LogP contribution in [-0.4, -0.2) is 36.1 Å². The number of ether oxygens (including phenoxy) is 1. The van der Waals surface area contributed by atoms with Crippen LogP contribution >= 0.6 is 11.6 Å². The number of carbonyl (C=O) groups is 2. The Morgan fingerprint density at radius 1 is 1.28 bits per heavy atom. The van der Waals surface area contributed by atoms with Crippen molar-refractivity contribution in [2.24, 2.45) is 0 Å². The van der Waals surface area contributed by atoms with Gasteiger partial charge < -0.3 is 15.0 Å². The standard InChI is InChI=1S/C19H17ClF3N3O3/c20-13-3-4-14(15(9-13)26-7-1-2-17(26)27)18(28)25-10-12-5-6-24-16(8-12)29-11-19(21,22)23/h3-6,8-9H,1-2,7,10-11H2,(H,25,28). The Kier molecular flexibility index (Phi) is 6.26. The first-order chi connectivity index (χ1) is 13.7. The monoisotopic (exact) mass is 427 g/mol. The van der Waals surface area contributed by atoms with E-state index in [1.165, 1.54) is 23.2 Å². The van der Waals surface area contributed by atoms with Crippen molar-refractivity contribution < 1.29 is 27.5 Å². The lowest BCUT2D eigenvalue weighted by atomic mass is 10.1. The van der Waals surface area contributed by atoms with E-state index in [1.807, 2.05) is 0 Å². The van der Waals surface area contributed by atoms with Crippen molar-refractivity contribution in [2.45, 2.75) is 25.6 Å². The molecular weight excluding hydrogens is 411 g/mol. The average molecular weight is 428 g/mol. The Morgan fingerprint density at radius 3 is 2.76 bits per heavy atom. The van der Waals surface area contributed by atoms with Crippen LogP contribution in [0.15, 0.2) is 36.5 Å². The van der Waals surface area contributed by atoms with Gasteiger partial charge in [0.25, 0.3) is 5.91 Å². The van der Waals surface area contributed by atoms with Gasteiger partial charge in [-0.25, -0.2) is 4.98 Å². The Balaban J connectivity index is 1.69. The molecule has 0 unspecified atom stereocenters. The summed E-state index contributed by atoms with van der Waals surface area (Å²) >= 11 is 6.03. The number of benzene rings is 1. The molecule has 0 spiro atoms. The first-order valence-corrected chi connectivity index (χ1v) is 9.13. The van der Waals surface area contributed by atoms with Crippen LogP contribution in [0.3, 0.4) is 0 Å². The van der Waals surface area contributed by atoms with Crippen molar-refractivity contribution in [1.82, 2.24) is 10.3 Å². The summed E-state index contributed by atoms with van der Waals surface area (Å²) in [7, 11) is 0.